The van der Waals surface area contributed by atoms with E-state index in [-0.39, 0.29) is 5.91 Å². The van der Waals surface area contributed by atoms with E-state index in [2.05, 4.69) is 16.4 Å². The van der Waals surface area contributed by atoms with Crippen molar-refractivity contribution in [1.82, 2.24) is 10.3 Å². The van der Waals surface area contributed by atoms with Crippen LogP contribution in [-0.2, 0) is 0 Å². The van der Waals surface area contributed by atoms with Gasteiger partial charge in [0.25, 0.3) is 11.7 Å². The number of fused-ring (bicyclic) bond motifs is 1. The average Bonchev–Trinajstić information content (AvgIpc) is 3.63. The highest BCUT2D eigenvalue weighted by Crippen LogP contribution is 2.44. The van der Waals surface area contributed by atoms with Gasteiger partial charge < -0.3 is 5.32 Å². The Balaban J connectivity index is 1.52. The van der Waals surface area contributed by atoms with Gasteiger partial charge in [-0.2, -0.15) is 9.66 Å². The summed E-state index contributed by atoms with van der Waals surface area (Å²) in [5.74, 6) is 2.14. The third-order valence-corrected chi connectivity index (χ3v) is 5.67. The van der Waals surface area contributed by atoms with Crippen molar-refractivity contribution in [3.63, 3.8) is 0 Å². The lowest BCUT2D eigenvalue weighted by atomic mass is 10.1. The summed E-state index contributed by atoms with van der Waals surface area (Å²) in [5, 5.41) is 12.3. The molecule has 0 radical (unpaired) electrons. The van der Waals surface area contributed by atoms with Gasteiger partial charge in [-0.05, 0) is 73.9 Å². The van der Waals surface area contributed by atoms with Crippen LogP contribution in [-0.4, -0.2) is 16.9 Å². The number of benzene rings is 1. The molecule has 0 saturated heterocycles. The number of aromatic nitrogens is 2. The molecule has 2 aliphatic rings. The number of pyridine rings is 1. The number of rotatable bonds is 5. The first kappa shape index (κ1) is 16.1. The van der Waals surface area contributed by atoms with Gasteiger partial charge in [0.15, 0.2) is 5.52 Å². The summed E-state index contributed by atoms with van der Waals surface area (Å²) in [6, 6.07) is 15.7. The van der Waals surface area contributed by atoms with E-state index in [1.807, 2.05) is 40.9 Å². The number of hydrogen-bond acceptors (Lipinski definition) is 2. The number of hydrogen-bond donors (Lipinski definition) is 2. The lowest BCUT2D eigenvalue weighted by Gasteiger charge is -2.16. The predicted octanol–water partition coefficient (Wildman–Crippen LogP) is 3.21. The zero-order chi connectivity index (χ0) is 18.4. The van der Waals surface area contributed by atoms with Crippen LogP contribution in [0.5, 0.6) is 0 Å². The number of carbonyl (C=O) groups excluding carboxylic acids is 1. The number of H-pyrrole nitrogens is 1. The number of imidazole rings is 1. The van der Waals surface area contributed by atoms with Crippen LogP contribution in [0.1, 0.15) is 41.7 Å². The van der Waals surface area contributed by atoms with E-state index >= 15 is 0 Å². The van der Waals surface area contributed by atoms with Gasteiger partial charge in [-0.15, -0.1) is 0 Å². The smallest absolute Gasteiger partial charge is 0.295 e. The zero-order valence-electron chi connectivity index (χ0n) is 15.0. The van der Waals surface area contributed by atoms with Crippen molar-refractivity contribution in [2.24, 2.45) is 11.8 Å². The van der Waals surface area contributed by atoms with Crippen LogP contribution < -0.4 is 9.72 Å². The summed E-state index contributed by atoms with van der Waals surface area (Å²) in [4.78, 5) is 16.4. The molecule has 0 spiro atoms. The molecule has 1 amide bonds. The molecule has 2 N–H and O–H groups in total. The molecule has 134 valence electrons. The van der Waals surface area contributed by atoms with Crippen molar-refractivity contribution in [2.45, 2.75) is 31.7 Å². The Labute approximate surface area is 157 Å². The molecular formula is C22H21N4O+. The molecule has 5 rings (SSSR count). The van der Waals surface area contributed by atoms with Crippen LogP contribution in [0.15, 0.2) is 48.7 Å². The molecule has 5 heteroatoms. The number of nitrogens with one attached hydrogen (secondary N) is 2. The number of carbonyl (C=O) groups is 1. The van der Waals surface area contributed by atoms with E-state index in [4.69, 9.17) is 5.26 Å². The molecule has 5 nitrogen and oxygen atoms in total. The fourth-order valence-electron chi connectivity index (χ4n) is 3.93. The molecule has 0 aliphatic heterocycles. The molecule has 3 aromatic rings. The Bertz CT molecular complexity index is 1040. The highest BCUT2D eigenvalue weighted by Gasteiger charge is 2.43. The Hall–Kier alpha value is -3.13. The third-order valence-electron chi connectivity index (χ3n) is 5.67. The van der Waals surface area contributed by atoms with E-state index < -0.39 is 0 Å². The maximum atomic E-state index is 13.1. The molecule has 0 unspecified atom stereocenters. The lowest BCUT2D eigenvalue weighted by Crippen LogP contribution is -2.38. The van der Waals surface area contributed by atoms with Crippen molar-refractivity contribution in [2.75, 3.05) is 0 Å². The van der Waals surface area contributed by atoms with Crippen molar-refractivity contribution >= 4 is 11.4 Å². The van der Waals surface area contributed by atoms with Crippen molar-refractivity contribution < 1.29 is 9.20 Å². The molecule has 0 bridgehead atoms. The topological polar surface area (TPSA) is 72.8 Å². The van der Waals surface area contributed by atoms with E-state index in [0.29, 0.717) is 29.1 Å². The van der Waals surface area contributed by atoms with Gasteiger partial charge in [-0.1, -0.05) is 6.07 Å². The van der Waals surface area contributed by atoms with E-state index in [0.717, 1.165) is 16.9 Å². The Morgan fingerprint density at radius 3 is 2.44 bits per heavy atom. The lowest BCUT2D eigenvalue weighted by molar-refractivity contribution is -0.498. The van der Waals surface area contributed by atoms with Crippen LogP contribution in [0, 0.1) is 23.2 Å². The van der Waals surface area contributed by atoms with Crippen molar-refractivity contribution in [1.29, 1.82) is 5.26 Å². The minimum absolute atomic E-state index is 0.0256. The quantitative estimate of drug-likeness (QED) is 0.688. The Morgan fingerprint density at radius 1 is 1.11 bits per heavy atom. The monoisotopic (exact) mass is 357 g/mol. The maximum absolute atomic E-state index is 13.1. The second-order valence-corrected chi connectivity index (χ2v) is 7.67. The van der Waals surface area contributed by atoms with E-state index in [9.17, 15) is 4.79 Å². The maximum Gasteiger partial charge on any atom is 0.295 e. The summed E-state index contributed by atoms with van der Waals surface area (Å²) in [7, 11) is 0. The standard InChI is InChI=1S/C22H20N4O/c23-13-14-4-6-17(7-5-14)21-24-20(18-3-1-2-12-26(18)21)22(27)25-19(15-8-9-15)16-10-11-16/h1-7,12,15-16,19H,8-11H2,(H,25,27)/p+1. The first-order valence-corrected chi connectivity index (χ1v) is 9.58. The molecule has 1 aromatic carbocycles. The van der Waals surface area contributed by atoms with Crippen LogP contribution in [0.3, 0.4) is 0 Å². The number of nitrogens with zero attached hydrogens (tertiary/aromatic N) is 2. The van der Waals surface area contributed by atoms with Gasteiger partial charge in [0.1, 0.15) is 0 Å². The summed E-state index contributed by atoms with van der Waals surface area (Å²) in [5.41, 5.74) is 3.02. The van der Waals surface area contributed by atoms with Crippen molar-refractivity contribution in [3.8, 4) is 17.5 Å². The predicted molar refractivity (Wildman–Crippen MR) is 101 cm³/mol. The SMILES string of the molecule is N#Cc1ccc(-c2[nH]c(C(=O)NC(C3CC3)C3CC3)c3cccc[n+]23)cc1. The molecule has 2 saturated carbocycles. The first-order valence-electron chi connectivity index (χ1n) is 9.58. The van der Waals surface area contributed by atoms with Gasteiger partial charge in [-0.25, -0.2) is 4.98 Å². The van der Waals surface area contributed by atoms with Gasteiger partial charge in [0.2, 0.25) is 5.69 Å². The average molecular weight is 357 g/mol. The van der Waals surface area contributed by atoms with Crippen LogP contribution in [0.25, 0.3) is 16.9 Å². The van der Waals surface area contributed by atoms with Gasteiger partial charge in [0, 0.05) is 6.04 Å². The van der Waals surface area contributed by atoms with Gasteiger partial charge in [-0.3, -0.25) is 4.79 Å². The molecule has 2 aliphatic carbocycles. The summed E-state index contributed by atoms with van der Waals surface area (Å²) in [6.07, 6.45) is 6.89. The molecular weight excluding hydrogens is 336 g/mol. The van der Waals surface area contributed by atoms with Crippen molar-refractivity contribution in [3.05, 3.63) is 59.9 Å². The summed E-state index contributed by atoms with van der Waals surface area (Å²) >= 11 is 0. The van der Waals surface area contributed by atoms with Crippen LogP contribution in [0.4, 0.5) is 0 Å². The Morgan fingerprint density at radius 2 is 1.81 bits per heavy atom. The molecule has 2 heterocycles. The normalized spacial score (nSPS) is 16.4. The minimum Gasteiger partial charge on any atom is -0.345 e. The number of aromatic amines is 1. The minimum atomic E-state index is -0.0256. The van der Waals surface area contributed by atoms with E-state index in [1.165, 1.54) is 25.7 Å². The van der Waals surface area contributed by atoms with Crippen LogP contribution >= 0.6 is 0 Å². The Kier molecular flexibility index (Phi) is 3.71. The first-order chi connectivity index (χ1) is 13.2. The largest absolute Gasteiger partial charge is 0.345 e. The van der Waals surface area contributed by atoms with Crippen LogP contribution in [0.2, 0.25) is 0 Å². The summed E-state index contributed by atoms with van der Waals surface area (Å²) < 4.78 is 2.00. The third kappa shape index (κ3) is 2.97. The highest BCUT2D eigenvalue weighted by molar-refractivity contribution is 5.98. The van der Waals surface area contributed by atoms with E-state index in [1.54, 1.807) is 12.1 Å². The van der Waals surface area contributed by atoms with Gasteiger partial charge >= 0.3 is 0 Å². The number of amides is 1. The molecule has 2 fully saturated rings. The molecule has 27 heavy (non-hydrogen) atoms. The van der Waals surface area contributed by atoms with Gasteiger partial charge in [0.05, 0.1) is 23.4 Å². The second-order valence-electron chi connectivity index (χ2n) is 7.67. The molecule has 2 aromatic heterocycles. The second kappa shape index (κ2) is 6.24. The fourth-order valence-corrected chi connectivity index (χ4v) is 3.93. The zero-order valence-corrected chi connectivity index (χ0v) is 15.0. The molecule has 0 atom stereocenters. The summed E-state index contributed by atoms with van der Waals surface area (Å²) in [6.45, 7) is 0. The fraction of sp³-hybridized carbons (Fsp3) is 0.318. The highest BCUT2D eigenvalue weighted by atomic mass is 16.2. The number of nitriles is 1.